The maximum absolute atomic E-state index is 13.8. The molecule has 3 aromatic carbocycles. The molecular formula is C28H32N6O2S. The van der Waals surface area contributed by atoms with E-state index in [9.17, 15) is 8.42 Å². The summed E-state index contributed by atoms with van der Waals surface area (Å²) < 4.78 is 31.3. The number of nitrogen functional groups attached to an aromatic ring is 1. The van der Waals surface area contributed by atoms with Gasteiger partial charge in [0, 0.05) is 25.1 Å². The van der Waals surface area contributed by atoms with Gasteiger partial charge in [-0.1, -0.05) is 42.5 Å². The Morgan fingerprint density at radius 1 is 1.05 bits per heavy atom. The molecule has 0 atom stereocenters. The van der Waals surface area contributed by atoms with Crippen molar-refractivity contribution >= 4 is 32.6 Å². The van der Waals surface area contributed by atoms with Crippen molar-refractivity contribution in [1.29, 1.82) is 5.41 Å². The molecule has 9 heteroatoms. The third kappa shape index (κ3) is 5.10. The van der Waals surface area contributed by atoms with Gasteiger partial charge in [-0.15, -0.1) is 0 Å². The summed E-state index contributed by atoms with van der Waals surface area (Å²) in [4.78, 5) is 5.19. The number of aromatic nitrogens is 2. The van der Waals surface area contributed by atoms with Gasteiger partial charge < -0.3 is 15.6 Å². The number of nitrogens with two attached hydrogens (primary N) is 1. The minimum atomic E-state index is -3.73. The second-order valence-electron chi connectivity index (χ2n) is 9.47. The summed E-state index contributed by atoms with van der Waals surface area (Å²) in [5.74, 6) is 0.993. The number of hydrogen-bond acceptors (Lipinski definition) is 5. The van der Waals surface area contributed by atoms with Crippen molar-refractivity contribution in [3.63, 3.8) is 0 Å². The van der Waals surface area contributed by atoms with E-state index in [0.717, 1.165) is 61.2 Å². The van der Waals surface area contributed by atoms with Gasteiger partial charge in [0.2, 0.25) is 0 Å². The van der Waals surface area contributed by atoms with Crippen molar-refractivity contribution < 1.29 is 8.42 Å². The van der Waals surface area contributed by atoms with E-state index in [1.54, 1.807) is 28.6 Å². The van der Waals surface area contributed by atoms with Crippen LogP contribution in [0.2, 0.25) is 0 Å². The molecule has 1 aromatic heterocycles. The number of fused-ring (bicyclic) bond motifs is 1. The van der Waals surface area contributed by atoms with Gasteiger partial charge in [0.05, 0.1) is 21.6 Å². The van der Waals surface area contributed by atoms with Crippen molar-refractivity contribution in [2.45, 2.75) is 36.6 Å². The van der Waals surface area contributed by atoms with Gasteiger partial charge in [0.25, 0.3) is 10.0 Å². The van der Waals surface area contributed by atoms with Crippen molar-refractivity contribution in [3.8, 4) is 0 Å². The zero-order chi connectivity index (χ0) is 26.0. The lowest BCUT2D eigenvalue weighted by molar-refractivity contribution is 0.453. The molecule has 37 heavy (non-hydrogen) atoms. The predicted octanol–water partition coefficient (Wildman–Crippen LogP) is 3.59. The zero-order valence-electron chi connectivity index (χ0n) is 20.9. The lowest BCUT2D eigenvalue weighted by atomic mass is 10.1. The Kier molecular flexibility index (Phi) is 6.99. The third-order valence-electron chi connectivity index (χ3n) is 7.05. The Balaban J connectivity index is 1.46. The number of anilines is 1. The number of benzene rings is 3. The number of nitrogens with zero attached hydrogens (tertiary/aromatic N) is 3. The van der Waals surface area contributed by atoms with Crippen LogP contribution >= 0.6 is 0 Å². The molecule has 0 aliphatic carbocycles. The number of sulfonamides is 1. The van der Waals surface area contributed by atoms with Crippen LogP contribution in [0.1, 0.15) is 29.8 Å². The van der Waals surface area contributed by atoms with Crippen LogP contribution in [0.4, 0.5) is 5.69 Å². The smallest absolute Gasteiger partial charge is 0.264 e. The molecular weight excluding hydrogens is 484 g/mol. The first-order valence-corrected chi connectivity index (χ1v) is 14.0. The van der Waals surface area contributed by atoms with Crippen molar-refractivity contribution in [1.82, 2.24) is 14.9 Å². The lowest BCUT2D eigenvalue weighted by Gasteiger charge is -2.35. The molecule has 1 saturated heterocycles. The number of rotatable bonds is 8. The Bertz CT molecular complexity index is 1510. The molecule has 1 fully saturated rings. The van der Waals surface area contributed by atoms with Crippen LogP contribution < -0.4 is 15.4 Å². The van der Waals surface area contributed by atoms with E-state index in [-0.39, 0.29) is 11.9 Å². The minimum absolute atomic E-state index is 0.0607. The minimum Gasteiger partial charge on any atom is -0.384 e. The summed E-state index contributed by atoms with van der Waals surface area (Å²) in [7, 11) is -1.74. The summed E-state index contributed by atoms with van der Waals surface area (Å²) in [6.45, 7) is 1.57. The lowest BCUT2D eigenvalue weighted by Crippen LogP contribution is -2.46. The highest BCUT2D eigenvalue weighted by atomic mass is 32.2. The van der Waals surface area contributed by atoms with Crippen LogP contribution in [-0.2, 0) is 29.9 Å². The SMILES string of the molecule is Cn1c(CCc2ccc(C(=N)N)cc2)nc2cc(N(C3CCNCC3)S(=O)(=O)c3ccccc3)ccc21. The average Bonchev–Trinajstić information content (AvgIpc) is 3.23. The van der Waals surface area contributed by atoms with Crippen molar-refractivity contribution in [2.75, 3.05) is 17.4 Å². The molecule has 2 heterocycles. The number of piperidine rings is 1. The summed E-state index contributed by atoms with van der Waals surface area (Å²) in [5.41, 5.74) is 9.81. The van der Waals surface area contributed by atoms with Gasteiger partial charge in [0.1, 0.15) is 11.7 Å². The van der Waals surface area contributed by atoms with Crippen LogP contribution in [0.15, 0.2) is 77.7 Å². The van der Waals surface area contributed by atoms with Crippen LogP contribution in [0.25, 0.3) is 11.0 Å². The normalized spacial score (nSPS) is 14.6. The molecule has 0 amide bonds. The molecule has 4 N–H and O–H groups in total. The topological polar surface area (TPSA) is 117 Å². The van der Waals surface area contributed by atoms with Gasteiger partial charge in [-0.05, 0) is 68.2 Å². The fourth-order valence-corrected chi connectivity index (χ4v) is 6.72. The maximum atomic E-state index is 13.8. The molecule has 4 aromatic rings. The Labute approximate surface area is 217 Å². The van der Waals surface area contributed by atoms with E-state index in [1.165, 1.54) is 0 Å². The van der Waals surface area contributed by atoms with Crippen LogP contribution in [-0.4, -0.2) is 42.9 Å². The molecule has 192 valence electrons. The van der Waals surface area contributed by atoms with E-state index in [2.05, 4.69) is 9.88 Å². The highest BCUT2D eigenvalue weighted by molar-refractivity contribution is 7.92. The predicted molar refractivity (Wildman–Crippen MR) is 148 cm³/mol. The quantitative estimate of drug-likeness (QED) is 0.244. The molecule has 0 bridgehead atoms. The second-order valence-corrected chi connectivity index (χ2v) is 11.3. The van der Waals surface area contributed by atoms with Crippen LogP contribution in [0.3, 0.4) is 0 Å². The first-order chi connectivity index (χ1) is 17.8. The average molecular weight is 517 g/mol. The molecule has 0 radical (unpaired) electrons. The Morgan fingerprint density at radius 2 is 1.76 bits per heavy atom. The van der Waals surface area contributed by atoms with Gasteiger partial charge in [0.15, 0.2) is 0 Å². The number of aryl methyl sites for hydroxylation is 3. The summed E-state index contributed by atoms with van der Waals surface area (Å²) in [5, 5.41) is 10.9. The maximum Gasteiger partial charge on any atom is 0.264 e. The Morgan fingerprint density at radius 3 is 2.43 bits per heavy atom. The number of hydrogen-bond donors (Lipinski definition) is 3. The van der Waals surface area contributed by atoms with Gasteiger partial charge >= 0.3 is 0 Å². The fraction of sp³-hybridized carbons (Fsp3) is 0.286. The molecule has 0 saturated carbocycles. The first kappa shape index (κ1) is 25.0. The molecule has 1 aliphatic rings. The highest BCUT2D eigenvalue weighted by Crippen LogP contribution is 2.32. The second kappa shape index (κ2) is 10.4. The molecule has 5 rings (SSSR count). The van der Waals surface area contributed by atoms with Gasteiger partial charge in [-0.2, -0.15) is 0 Å². The van der Waals surface area contributed by atoms with Crippen molar-refractivity contribution in [2.24, 2.45) is 12.8 Å². The third-order valence-corrected chi connectivity index (χ3v) is 8.95. The number of imidazole rings is 1. The highest BCUT2D eigenvalue weighted by Gasteiger charge is 2.33. The van der Waals surface area contributed by atoms with Gasteiger partial charge in [-0.3, -0.25) is 9.71 Å². The summed E-state index contributed by atoms with van der Waals surface area (Å²) in [6.07, 6.45) is 3.03. The van der Waals surface area contributed by atoms with Gasteiger partial charge in [-0.25, -0.2) is 13.4 Å². The van der Waals surface area contributed by atoms with E-state index < -0.39 is 10.0 Å². The molecule has 0 unspecified atom stereocenters. The first-order valence-electron chi connectivity index (χ1n) is 12.5. The van der Waals surface area contributed by atoms with Crippen LogP contribution in [0, 0.1) is 5.41 Å². The fourth-order valence-electron chi connectivity index (χ4n) is 5.00. The summed E-state index contributed by atoms with van der Waals surface area (Å²) in [6, 6.07) is 22.0. The zero-order valence-corrected chi connectivity index (χ0v) is 21.7. The van der Waals surface area contributed by atoms with E-state index in [0.29, 0.717) is 16.1 Å². The van der Waals surface area contributed by atoms with Crippen molar-refractivity contribution in [3.05, 3.63) is 89.7 Å². The number of nitrogens with one attached hydrogen (secondary N) is 2. The molecule has 0 spiro atoms. The summed E-state index contributed by atoms with van der Waals surface area (Å²) >= 11 is 0. The standard InChI is InChI=1S/C28H32N6O2S/c1-33-26-13-12-23(19-25(26)32-27(33)14-9-20-7-10-21(11-8-20)28(29)30)34(22-15-17-31-18-16-22)37(35,36)24-5-3-2-4-6-24/h2-8,10-13,19,22,31H,9,14-18H2,1H3,(H3,29,30). The van der Waals surface area contributed by atoms with Crippen LogP contribution in [0.5, 0.6) is 0 Å². The Hall–Kier alpha value is -3.69. The largest absolute Gasteiger partial charge is 0.384 e. The van der Waals surface area contributed by atoms with E-state index in [4.69, 9.17) is 16.1 Å². The van der Waals surface area contributed by atoms with E-state index >= 15 is 0 Å². The molecule has 8 nitrogen and oxygen atoms in total. The van der Waals surface area contributed by atoms with E-state index in [1.807, 2.05) is 55.6 Å². The molecule has 1 aliphatic heterocycles. The number of amidine groups is 1. The monoisotopic (exact) mass is 516 g/mol.